The number of carbonyl (C=O) groups is 4. The number of nitrogens with one attached hydrogen (secondary N) is 4. The zero-order valence-electron chi connectivity index (χ0n) is 25.5. The largest absolute Gasteiger partial charge is 0.493 e. The maximum absolute atomic E-state index is 13.4. The SMILES string of the molecule is COc1ccc([C@H](CC(=O)O)NC(=O)C(CC(=O)Nc2ccc(NC(=O)Nc3ncccc3C)cc2)CC(C)C)cc1OC. The lowest BCUT2D eigenvalue weighted by molar-refractivity contribution is -0.138. The number of hydrogen-bond acceptors (Lipinski definition) is 7. The number of carbonyl (C=O) groups excluding carboxylic acids is 3. The van der Waals surface area contributed by atoms with Gasteiger partial charge in [0.15, 0.2) is 11.5 Å². The molecule has 234 valence electrons. The Balaban J connectivity index is 1.64. The van der Waals surface area contributed by atoms with Crippen molar-refractivity contribution in [2.24, 2.45) is 11.8 Å². The zero-order chi connectivity index (χ0) is 32.2. The van der Waals surface area contributed by atoms with Crippen LogP contribution in [0.2, 0.25) is 0 Å². The second-order valence-corrected chi connectivity index (χ2v) is 10.7. The number of anilines is 3. The topological polar surface area (TPSA) is 168 Å². The number of methoxy groups -OCH3 is 2. The van der Waals surface area contributed by atoms with E-state index in [1.807, 2.05) is 26.8 Å². The van der Waals surface area contributed by atoms with Gasteiger partial charge in [-0.1, -0.05) is 26.0 Å². The molecule has 5 N–H and O–H groups in total. The first kappa shape index (κ1) is 33.4. The number of pyridine rings is 1. The van der Waals surface area contributed by atoms with E-state index < -0.39 is 29.9 Å². The fraction of sp³-hybridized carbons (Fsp3) is 0.344. The molecule has 1 heterocycles. The highest BCUT2D eigenvalue weighted by atomic mass is 16.5. The van der Waals surface area contributed by atoms with Gasteiger partial charge in [-0.15, -0.1) is 0 Å². The van der Waals surface area contributed by atoms with Crippen LogP contribution in [-0.2, 0) is 14.4 Å². The first-order valence-electron chi connectivity index (χ1n) is 14.1. The molecule has 0 saturated carbocycles. The molecule has 3 rings (SSSR count). The van der Waals surface area contributed by atoms with Gasteiger partial charge in [-0.25, -0.2) is 9.78 Å². The Labute approximate surface area is 256 Å². The van der Waals surface area contributed by atoms with Gasteiger partial charge in [-0.05, 0) is 72.9 Å². The molecule has 1 unspecified atom stereocenters. The van der Waals surface area contributed by atoms with Gasteiger partial charge in [0.2, 0.25) is 11.8 Å². The van der Waals surface area contributed by atoms with Crippen LogP contribution in [0.5, 0.6) is 11.5 Å². The fourth-order valence-corrected chi connectivity index (χ4v) is 4.60. The van der Waals surface area contributed by atoms with Crippen molar-refractivity contribution in [3.63, 3.8) is 0 Å². The lowest BCUT2D eigenvalue weighted by atomic mass is 9.92. The lowest BCUT2D eigenvalue weighted by Crippen LogP contribution is -2.37. The number of carboxylic acids is 1. The standard InChI is InChI=1S/C32H39N5O7/c1-19(2)15-22(31(41)36-25(18-29(39)40)21-8-13-26(43-4)27(16-21)44-5)17-28(38)34-23-9-11-24(12-10-23)35-32(42)37-30-20(3)7-6-14-33-30/h6-14,16,19,22,25H,15,17-18H2,1-5H3,(H,34,38)(H,36,41)(H,39,40)(H2,33,35,37,42)/t22?,25-/m0/s1. The molecule has 1 aromatic heterocycles. The minimum Gasteiger partial charge on any atom is -0.493 e. The number of benzene rings is 2. The summed E-state index contributed by atoms with van der Waals surface area (Å²) >= 11 is 0. The van der Waals surface area contributed by atoms with Crippen LogP contribution in [0.15, 0.2) is 60.8 Å². The third-order valence-corrected chi connectivity index (χ3v) is 6.73. The molecule has 2 atom stereocenters. The number of urea groups is 1. The number of ether oxygens (including phenoxy) is 2. The van der Waals surface area contributed by atoms with E-state index in [0.717, 1.165) is 5.56 Å². The van der Waals surface area contributed by atoms with Crippen LogP contribution in [0, 0.1) is 18.8 Å². The minimum absolute atomic E-state index is 0.101. The van der Waals surface area contributed by atoms with Crippen molar-refractivity contribution in [3.8, 4) is 11.5 Å². The Morgan fingerprint density at radius 1 is 0.864 bits per heavy atom. The number of aryl methyl sites for hydroxylation is 1. The predicted octanol–water partition coefficient (Wildman–Crippen LogP) is 5.37. The number of rotatable bonds is 14. The highest BCUT2D eigenvalue weighted by Crippen LogP contribution is 2.31. The number of aliphatic carboxylic acids is 1. The van der Waals surface area contributed by atoms with Crippen LogP contribution in [0.25, 0.3) is 0 Å². The van der Waals surface area contributed by atoms with Crippen molar-refractivity contribution in [2.45, 2.75) is 46.1 Å². The maximum atomic E-state index is 13.4. The summed E-state index contributed by atoms with van der Waals surface area (Å²) in [5, 5.41) is 20.5. The molecule has 0 radical (unpaired) electrons. The normalized spacial score (nSPS) is 12.0. The van der Waals surface area contributed by atoms with Gasteiger partial charge < -0.3 is 30.5 Å². The molecule has 0 bridgehead atoms. The van der Waals surface area contributed by atoms with Crippen molar-refractivity contribution in [2.75, 3.05) is 30.2 Å². The highest BCUT2D eigenvalue weighted by molar-refractivity contribution is 6.00. The van der Waals surface area contributed by atoms with Gasteiger partial charge in [0, 0.05) is 29.9 Å². The number of nitrogens with zero attached hydrogens (tertiary/aromatic N) is 1. The molecular formula is C32H39N5O7. The van der Waals surface area contributed by atoms with Crippen LogP contribution >= 0.6 is 0 Å². The summed E-state index contributed by atoms with van der Waals surface area (Å²) in [6.45, 7) is 5.72. The molecule has 44 heavy (non-hydrogen) atoms. The van der Waals surface area contributed by atoms with Crippen molar-refractivity contribution in [3.05, 3.63) is 71.9 Å². The lowest BCUT2D eigenvalue weighted by Gasteiger charge is -2.24. The summed E-state index contributed by atoms with van der Waals surface area (Å²) in [5.74, 6) is -1.18. The van der Waals surface area contributed by atoms with Gasteiger partial charge in [-0.3, -0.25) is 19.7 Å². The van der Waals surface area contributed by atoms with Gasteiger partial charge in [0.25, 0.3) is 0 Å². The zero-order valence-corrected chi connectivity index (χ0v) is 25.5. The summed E-state index contributed by atoms with van der Waals surface area (Å²) in [6, 6.07) is 13.8. The Bertz CT molecular complexity index is 1460. The van der Waals surface area contributed by atoms with Crippen molar-refractivity contribution in [1.29, 1.82) is 0 Å². The molecule has 2 aromatic carbocycles. The maximum Gasteiger partial charge on any atom is 0.324 e. The molecule has 0 fully saturated rings. The molecule has 0 spiro atoms. The smallest absolute Gasteiger partial charge is 0.324 e. The molecule has 3 aromatic rings. The molecule has 12 heteroatoms. The van der Waals surface area contributed by atoms with Crippen molar-refractivity contribution in [1.82, 2.24) is 10.3 Å². The Hall–Kier alpha value is -5.13. The molecule has 0 aliphatic rings. The van der Waals surface area contributed by atoms with Gasteiger partial charge >= 0.3 is 12.0 Å². The van der Waals surface area contributed by atoms with E-state index in [2.05, 4.69) is 26.3 Å². The molecule has 0 aliphatic heterocycles. The number of amides is 4. The molecule has 12 nitrogen and oxygen atoms in total. The van der Waals surface area contributed by atoms with Crippen LogP contribution in [0.1, 0.15) is 50.3 Å². The van der Waals surface area contributed by atoms with Gasteiger partial charge in [0.1, 0.15) is 5.82 Å². The summed E-state index contributed by atoms with van der Waals surface area (Å²) in [5.41, 5.74) is 2.34. The van der Waals surface area contributed by atoms with Crippen LogP contribution < -0.4 is 30.7 Å². The molecule has 0 aliphatic carbocycles. The summed E-state index contributed by atoms with van der Waals surface area (Å²) in [7, 11) is 2.96. The first-order valence-corrected chi connectivity index (χ1v) is 14.1. The summed E-state index contributed by atoms with van der Waals surface area (Å²) in [4.78, 5) is 54.5. The monoisotopic (exact) mass is 605 g/mol. The Kier molecular flexibility index (Phi) is 12.1. The Morgan fingerprint density at radius 3 is 2.11 bits per heavy atom. The fourth-order valence-electron chi connectivity index (χ4n) is 4.60. The van der Waals surface area contributed by atoms with E-state index >= 15 is 0 Å². The third kappa shape index (κ3) is 10.0. The molecule has 0 saturated heterocycles. The average molecular weight is 606 g/mol. The molecule has 4 amide bonds. The van der Waals surface area contributed by atoms with E-state index in [0.29, 0.717) is 40.7 Å². The average Bonchev–Trinajstić information content (AvgIpc) is 2.97. The van der Waals surface area contributed by atoms with E-state index in [1.54, 1.807) is 54.7 Å². The van der Waals surface area contributed by atoms with Gasteiger partial charge in [-0.2, -0.15) is 0 Å². The van der Waals surface area contributed by atoms with Crippen molar-refractivity contribution >= 4 is 41.0 Å². The summed E-state index contributed by atoms with van der Waals surface area (Å²) < 4.78 is 10.6. The number of aromatic nitrogens is 1. The second kappa shape index (κ2) is 15.9. The highest BCUT2D eigenvalue weighted by Gasteiger charge is 2.27. The summed E-state index contributed by atoms with van der Waals surface area (Å²) in [6.07, 6.45) is 1.53. The van der Waals surface area contributed by atoms with E-state index in [-0.39, 0.29) is 24.7 Å². The van der Waals surface area contributed by atoms with E-state index in [1.165, 1.54) is 14.2 Å². The second-order valence-electron chi connectivity index (χ2n) is 10.7. The van der Waals surface area contributed by atoms with E-state index in [9.17, 15) is 24.3 Å². The van der Waals surface area contributed by atoms with Crippen molar-refractivity contribution < 1.29 is 33.8 Å². The number of hydrogen-bond donors (Lipinski definition) is 5. The van der Waals surface area contributed by atoms with Crippen LogP contribution in [0.4, 0.5) is 22.0 Å². The first-order chi connectivity index (χ1) is 21.0. The van der Waals surface area contributed by atoms with E-state index in [4.69, 9.17) is 9.47 Å². The molecular weight excluding hydrogens is 566 g/mol. The number of carboxylic acid groups (broad SMARTS) is 1. The van der Waals surface area contributed by atoms with Crippen LogP contribution in [-0.4, -0.2) is 48.1 Å². The predicted molar refractivity (Wildman–Crippen MR) is 167 cm³/mol. The quantitative estimate of drug-likeness (QED) is 0.163. The Morgan fingerprint density at radius 2 is 1.52 bits per heavy atom. The van der Waals surface area contributed by atoms with Gasteiger partial charge in [0.05, 0.1) is 26.7 Å². The van der Waals surface area contributed by atoms with Crippen LogP contribution in [0.3, 0.4) is 0 Å². The third-order valence-electron chi connectivity index (χ3n) is 6.73. The minimum atomic E-state index is -1.09.